The third-order valence-electron chi connectivity index (χ3n) is 3.66. The molecule has 1 saturated heterocycles. The Balaban J connectivity index is 1.75. The molecule has 100 valence electrons. The number of hydrogen-bond donors (Lipinski definition) is 0. The highest BCUT2D eigenvalue weighted by atomic mass is 35.5. The van der Waals surface area contributed by atoms with Crippen LogP contribution < -0.4 is 0 Å². The SMILES string of the molecule is ClC(CN1CCOCC1)c1ccc2ccccc2c1. The quantitative estimate of drug-likeness (QED) is 0.796. The van der Waals surface area contributed by atoms with Gasteiger partial charge in [-0.3, -0.25) is 4.90 Å². The van der Waals surface area contributed by atoms with Crippen molar-refractivity contribution in [3.05, 3.63) is 48.0 Å². The minimum Gasteiger partial charge on any atom is -0.379 e. The monoisotopic (exact) mass is 275 g/mol. The van der Waals surface area contributed by atoms with E-state index in [0.29, 0.717) is 0 Å². The summed E-state index contributed by atoms with van der Waals surface area (Å²) in [6.45, 7) is 4.50. The maximum absolute atomic E-state index is 6.56. The molecule has 0 radical (unpaired) electrons. The summed E-state index contributed by atoms with van der Waals surface area (Å²) in [6.07, 6.45) is 0. The predicted molar refractivity (Wildman–Crippen MR) is 79.8 cm³/mol. The first-order valence-electron chi connectivity index (χ1n) is 6.76. The van der Waals surface area contributed by atoms with Crippen molar-refractivity contribution in [2.75, 3.05) is 32.8 Å². The molecule has 0 N–H and O–H groups in total. The second kappa shape index (κ2) is 5.91. The molecular formula is C16H18ClNO. The Bertz CT molecular complexity index is 551. The lowest BCUT2D eigenvalue weighted by molar-refractivity contribution is 0.0379. The van der Waals surface area contributed by atoms with Gasteiger partial charge in [0.2, 0.25) is 0 Å². The molecule has 3 heteroatoms. The number of benzene rings is 2. The topological polar surface area (TPSA) is 12.5 Å². The number of nitrogens with zero attached hydrogens (tertiary/aromatic N) is 1. The molecule has 1 heterocycles. The summed E-state index contributed by atoms with van der Waals surface area (Å²) < 4.78 is 5.36. The van der Waals surface area contributed by atoms with E-state index in [1.807, 2.05) is 0 Å². The molecule has 0 aromatic heterocycles. The van der Waals surface area contributed by atoms with Crippen LogP contribution in [0.1, 0.15) is 10.9 Å². The molecule has 1 aliphatic rings. The molecule has 2 aromatic rings. The van der Waals surface area contributed by atoms with Crippen molar-refractivity contribution in [1.82, 2.24) is 4.90 Å². The van der Waals surface area contributed by atoms with Crippen LogP contribution in [-0.2, 0) is 4.74 Å². The molecule has 2 nitrogen and oxygen atoms in total. The number of morpholine rings is 1. The Kier molecular flexibility index (Phi) is 4.02. The van der Waals surface area contributed by atoms with E-state index in [-0.39, 0.29) is 5.38 Å². The van der Waals surface area contributed by atoms with Crippen LogP contribution in [0, 0.1) is 0 Å². The summed E-state index contributed by atoms with van der Waals surface area (Å²) >= 11 is 6.56. The Morgan fingerprint density at radius 3 is 2.58 bits per heavy atom. The minimum absolute atomic E-state index is 0.0442. The van der Waals surface area contributed by atoms with E-state index >= 15 is 0 Å². The van der Waals surface area contributed by atoms with Crippen LogP contribution in [0.2, 0.25) is 0 Å². The van der Waals surface area contributed by atoms with Crippen molar-refractivity contribution >= 4 is 22.4 Å². The maximum Gasteiger partial charge on any atom is 0.0712 e. The van der Waals surface area contributed by atoms with Gasteiger partial charge in [0.25, 0.3) is 0 Å². The van der Waals surface area contributed by atoms with Gasteiger partial charge in [-0.05, 0) is 22.4 Å². The van der Waals surface area contributed by atoms with Crippen LogP contribution in [0.25, 0.3) is 10.8 Å². The fraction of sp³-hybridized carbons (Fsp3) is 0.375. The molecule has 0 spiro atoms. The van der Waals surface area contributed by atoms with Crippen molar-refractivity contribution in [1.29, 1.82) is 0 Å². The Hall–Kier alpha value is -1.09. The first-order chi connectivity index (χ1) is 9.33. The van der Waals surface area contributed by atoms with Crippen molar-refractivity contribution in [3.8, 4) is 0 Å². The molecular weight excluding hydrogens is 258 g/mol. The number of hydrogen-bond acceptors (Lipinski definition) is 2. The molecule has 0 amide bonds. The van der Waals surface area contributed by atoms with Gasteiger partial charge in [-0.15, -0.1) is 11.6 Å². The highest BCUT2D eigenvalue weighted by Crippen LogP contribution is 2.25. The van der Waals surface area contributed by atoms with Gasteiger partial charge >= 0.3 is 0 Å². The number of alkyl halides is 1. The molecule has 1 aliphatic heterocycles. The molecule has 0 bridgehead atoms. The summed E-state index contributed by atoms with van der Waals surface area (Å²) in [5.74, 6) is 0. The van der Waals surface area contributed by atoms with Gasteiger partial charge in [-0.2, -0.15) is 0 Å². The summed E-state index contributed by atoms with van der Waals surface area (Å²) in [5, 5.41) is 2.57. The molecule has 0 aliphatic carbocycles. The van der Waals surface area contributed by atoms with Crippen LogP contribution in [-0.4, -0.2) is 37.7 Å². The standard InChI is InChI=1S/C16H18ClNO/c17-16(12-18-7-9-19-10-8-18)15-6-5-13-3-1-2-4-14(13)11-15/h1-6,11,16H,7-10,12H2. The van der Waals surface area contributed by atoms with Crippen molar-refractivity contribution in [3.63, 3.8) is 0 Å². The van der Waals surface area contributed by atoms with Crippen molar-refractivity contribution in [2.24, 2.45) is 0 Å². The second-order valence-electron chi connectivity index (χ2n) is 4.99. The fourth-order valence-corrected chi connectivity index (χ4v) is 2.85. The van der Waals surface area contributed by atoms with Crippen LogP contribution in [0.5, 0.6) is 0 Å². The lowest BCUT2D eigenvalue weighted by atomic mass is 10.0. The smallest absolute Gasteiger partial charge is 0.0712 e. The molecule has 19 heavy (non-hydrogen) atoms. The van der Waals surface area contributed by atoms with Gasteiger partial charge in [0.15, 0.2) is 0 Å². The van der Waals surface area contributed by atoms with E-state index in [9.17, 15) is 0 Å². The number of fused-ring (bicyclic) bond motifs is 1. The van der Waals surface area contributed by atoms with Crippen LogP contribution in [0.3, 0.4) is 0 Å². The zero-order valence-electron chi connectivity index (χ0n) is 10.9. The summed E-state index contributed by atoms with van der Waals surface area (Å²) in [5.41, 5.74) is 1.20. The van der Waals surface area contributed by atoms with E-state index in [4.69, 9.17) is 16.3 Å². The lowest BCUT2D eigenvalue weighted by Crippen LogP contribution is -2.38. The number of rotatable bonds is 3. The highest BCUT2D eigenvalue weighted by molar-refractivity contribution is 6.21. The van der Waals surface area contributed by atoms with Gasteiger partial charge in [0, 0.05) is 19.6 Å². The minimum atomic E-state index is 0.0442. The normalized spacial score (nSPS) is 18.6. The molecule has 2 aromatic carbocycles. The number of halogens is 1. The number of ether oxygens (including phenoxy) is 1. The predicted octanol–water partition coefficient (Wildman–Crippen LogP) is 3.45. The maximum atomic E-state index is 6.56. The summed E-state index contributed by atoms with van der Waals surface area (Å²) in [6, 6.07) is 14.9. The van der Waals surface area contributed by atoms with Gasteiger partial charge in [-0.25, -0.2) is 0 Å². The van der Waals surface area contributed by atoms with Gasteiger partial charge in [0.1, 0.15) is 0 Å². The van der Waals surface area contributed by atoms with Crippen LogP contribution in [0.4, 0.5) is 0 Å². The van der Waals surface area contributed by atoms with Crippen LogP contribution in [0.15, 0.2) is 42.5 Å². The summed E-state index contributed by atoms with van der Waals surface area (Å²) in [7, 11) is 0. The third kappa shape index (κ3) is 3.08. The van der Waals surface area contributed by atoms with Crippen molar-refractivity contribution < 1.29 is 4.74 Å². The Morgan fingerprint density at radius 1 is 1.05 bits per heavy atom. The molecule has 0 saturated carbocycles. The van der Waals surface area contributed by atoms with Gasteiger partial charge in [0.05, 0.1) is 18.6 Å². The lowest BCUT2D eigenvalue weighted by Gasteiger charge is -2.28. The molecule has 1 unspecified atom stereocenters. The van der Waals surface area contributed by atoms with E-state index in [1.54, 1.807) is 0 Å². The zero-order valence-corrected chi connectivity index (χ0v) is 11.6. The highest BCUT2D eigenvalue weighted by Gasteiger charge is 2.16. The molecule has 1 fully saturated rings. The zero-order chi connectivity index (χ0) is 13.1. The molecule has 3 rings (SSSR count). The van der Waals surface area contributed by atoms with Gasteiger partial charge in [-0.1, -0.05) is 36.4 Å². The average molecular weight is 276 g/mol. The molecule has 1 atom stereocenters. The van der Waals surface area contributed by atoms with Crippen LogP contribution >= 0.6 is 11.6 Å². The van der Waals surface area contributed by atoms with Crippen molar-refractivity contribution in [2.45, 2.75) is 5.38 Å². The largest absolute Gasteiger partial charge is 0.379 e. The third-order valence-corrected chi connectivity index (χ3v) is 4.05. The second-order valence-corrected chi connectivity index (χ2v) is 5.51. The van der Waals surface area contributed by atoms with E-state index < -0.39 is 0 Å². The average Bonchev–Trinajstić information content (AvgIpc) is 2.48. The van der Waals surface area contributed by atoms with E-state index in [2.05, 4.69) is 47.4 Å². The van der Waals surface area contributed by atoms with E-state index in [0.717, 1.165) is 32.8 Å². The van der Waals surface area contributed by atoms with E-state index in [1.165, 1.54) is 16.3 Å². The first kappa shape index (κ1) is 12.9. The fourth-order valence-electron chi connectivity index (χ4n) is 2.52. The van der Waals surface area contributed by atoms with Gasteiger partial charge < -0.3 is 4.74 Å². The Labute approximate surface area is 118 Å². The summed E-state index contributed by atoms with van der Waals surface area (Å²) in [4.78, 5) is 2.37. The Morgan fingerprint density at radius 2 is 1.79 bits per heavy atom. The first-order valence-corrected chi connectivity index (χ1v) is 7.19.